The number of carbonyl (C=O) groups excluding carboxylic acids is 1. The zero-order valence-electron chi connectivity index (χ0n) is 12.5. The van der Waals surface area contributed by atoms with Crippen LogP contribution in [0.3, 0.4) is 0 Å². The van der Waals surface area contributed by atoms with E-state index in [1.54, 1.807) is 6.07 Å². The smallest absolute Gasteiger partial charge is 0.335 e. The van der Waals surface area contributed by atoms with Crippen molar-refractivity contribution in [2.45, 2.75) is 32.3 Å². The predicted octanol–water partition coefficient (Wildman–Crippen LogP) is 3.08. The molecule has 1 amide bonds. The third-order valence-corrected chi connectivity index (χ3v) is 4.30. The molecule has 5 nitrogen and oxygen atoms in total. The van der Waals surface area contributed by atoms with Crippen molar-refractivity contribution in [3.05, 3.63) is 33.8 Å². The fraction of sp³-hybridized carbons (Fsp3) is 0.500. The van der Waals surface area contributed by atoms with Gasteiger partial charge in [0.15, 0.2) is 0 Å². The molecular weight excluding hydrogens is 350 g/mol. The van der Waals surface area contributed by atoms with Crippen LogP contribution < -0.4 is 5.32 Å². The molecule has 0 bridgehead atoms. The summed E-state index contributed by atoms with van der Waals surface area (Å²) in [6.45, 7) is 3.34. The maximum absolute atomic E-state index is 12.1. The summed E-state index contributed by atoms with van der Waals surface area (Å²) in [7, 11) is 0. The van der Waals surface area contributed by atoms with Crippen LogP contribution in [-0.2, 0) is 4.74 Å². The number of aromatic carboxylic acids is 1. The van der Waals surface area contributed by atoms with Gasteiger partial charge in [0.1, 0.15) is 0 Å². The standard InChI is InChI=1S/C16H20BrNO4/c1-2-22-14-5-10(6-14)3-4-18-15(19)11-7-12(16(20)21)9-13(17)8-11/h7-10,14H,2-6H2,1H3,(H,18,19)(H,20,21). The number of amides is 1. The summed E-state index contributed by atoms with van der Waals surface area (Å²) < 4.78 is 6.09. The largest absolute Gasteiger partial charge is 0.478 e. The maximum Gasteiger partial charge on any atom is 0.335 e. The Morgan fingerprint density at radius 1 is 1.32 bits per heavy atom. The van der Waals surface area contributed by atoms with Gasteiger partial charge in [-0.2, -0.15) is 0 Å². The number of ether oxygens (including phenoxy) is 1. The minimum Gasteiger partial charge on any atom is -0.478 e. The fourth-order valence-electron chi connectivity index (χ4n) is 2.62. The molecule has 0 radical (unpaired) electrons. The van der Waals surface area contributed by atoms with Crippen LogP contribution >= 0.6 is 15.9 Å². The Balaban J connectivity index is 1.79. The number of halogens is 1. The summed E-state index contributed by atoms with van der Waals surface area (Å²) in [5.41, 5.74) is 0.450. The number of nitrogens with one attached hydrogen (secondary N) is 1. The second-order valence-electron chi connectivity index (χ2n) is 5.49. The number of carbonyl (C=O) groups is 2. The van der Waals surface area contributed by atoms with E-state index in [1.807, 2.05) is 6.92 Å². The fourth-order valence-corrected chi connectivity index (χ4v) is 3.11. The number of benzene rings is 1. The lowest BCUT2D eigenvalue weighted by Gasteiger charge is -2.34. The van der Waals surface area contributed by atoms with Gasteiger partial charge < -0.3 is 15.2 Å². The van der Waals surface area contributed by atoms with Crippen molar-refractivity contribution in [2.24, 2.45) is 5.92 Å². The average Bonchev–Trinajstić information content (AvgIpc) is 2.43. The van der Waals surface area contributed by atoms with E-state index in [0.717, 1.165) is 25.9 Å². The zero-order chi connectivity index (χ0) is 16.1. The number of carboxylic acid groups (broad SMARTS) is 1. The van der Waals surface area contributed by atoms with Crippen LogP contribution in [0.1, 0.15) is 46.9 Å². The van der Waals surface area contributed by atoms with E-state index in [-0.39, 0.29) is 11.5 Å². The molecule has 0 spiro atoms. The van der Waals surface area contributed by atoms with Gasteiger partial charge in [-0.15, -0.1) is 0 Å². The molecule has 0 unspecified atom stereocenters. The summed E-state index contributed by atoms with van der Waals surface area (Å²) in [6.07, 6.45) is 3.43. The van der Waals surface area contributed by atoms with Gasteiger partial charge in [-0.05, 0) is 50.3 Å². The maximum atomic E-state index is 12.1. The first kappa shape index (κ1) is 17.0. The van der Waals surface area contributed by atoms with Crippen LogP contribution in [-0.4, -0.2) is 36.2 Å². The highest BCUT2D eigenvalue weighted by molar-refractivity contribution is 9.10. The van der Waals surface area contributed by atoms with E-state index >= 15 is 0 Å². The summed E-state index contributed by atoms with van der Waals surface area (Å²) in [5.74, 6) is -0.690. The van der Waals surface area contributed by atoms with Gasteiger partial charge in [-0.25, -0.2) is 4.79 Å². The number of hydrogen-bond donors (Lipinski definition) is 2. The minimum atomic E-state index is -1.05. The molecule has 6 heteroatoms. The Hall–Kier alpha value is -1.40. The van der Waals surface area contributed by atoms with Crippen LogP contribution in [0.15, 0.2) is 22.7 Å². The lowest BCUT2D eigenvalue weighted by Crippen LogP contribution is -2.34. The lowest BCUT2D eigenvalue weighted by atomic mass is 9.80. The van der Waals surface area contributed by atoms with Crippen LogP contribution in [0, 0.1) is 5.92 Å². The van der Waals surface area contributed by atoms with Gasteiger partial charge >= 0.3 is 5.97 Å². The Morgan fingerprint density at radius 3 is 2.64 bits per heavy atom. The first-order valence-corrected chi connectivity index (χ1v) is 8.22. The van der Waals surface area contributed by atoms with Crippen molar-refractivity contribution in [1.29, 1.82) is 0 Å². The molecular formula is C16H20BrNO4. The van der Waals surface area contributed by atoms with Gasteiger partial charge in [-0.3, -0.25) is 4.79 Å². The molecule has 0 saturated heterocycles. The molecule has 0 aromatic heterocycles. The zero-order valence-corrected chi connectivity index (χ0v) is 14.1. The van der Waals surface area contributed by atoms with Crippen LogP contribution in [0.4, 0.5) is 0 Å². The molecule has 1 aliphatic carbocycles. The number of rotatable bonds is 7. The molecule has 0 aliphatic heterocycles. The third kappa shape index (κ3) is 4.55. The van der Waals surface area contributed by atoms with Gasteiger partial charge in [0.25, 0.3) is 5.91 Å². The molecule has 120 valence electrons. The first-order chi connectivity index (χ1) is 10.5. The van der Waals surface area contributed by atoms with E-state index in [0.29, 0.717) is 28.6 Å². The Kier molecular flexibility index (Phi) is 5.97. The highest BCUT2D eigenvalue weighted by atomic mass is 79.9. The lowest BCUT2D eigenvalue weighted by molar-refractivity contribution is -0.0261. The van der Waals surface area contributed by atoms with E-state index in [4.69, 9.17) is 9.84 Å². The summed E-state index contributed by atoms with van der Waals surface area (Å²) in [4.78, 5) is 23.1. The van der Waals surface area contributed by atoms with Crippen molar-refractivity contribution in [1.82, 2.24) is 5.32 Å². The number of hydrogen-bond acceptors (Lipinski definition) is 3. The van der Waals surface area contributed by atoms with Crippen molar-refractivity contribution >= 4 is 27.8 Å². The Labute approximate surface area is 138 Å². The predicted molar refractivity (Wildman–Crippen MR) is 86.2 cm³/mol. The molecule has 0 atom stereocenters. The van der Waals surface area contributed by atoms with Crippen molar-refractivity contribution in [2.75, 3.05) is 13.2 Å². The van der Waals surface area contributed by atoms with Crippen molar-refractivity contribution in [3.63, 3.8) is 0 Å². The molecule has 1 saturated carbocycles. The van der Waals surface area contributed by atoms with Crippen LogP contribution in [0.25, 0.3) is 0 Å². The van der Waals surface area contributed by atoms with E-state index < -0.39 is 5.97 Å². The topological polar surface area (TPSA) is 75.6 Å². The van der Waals surface area contributed by atoms with E-state index in [2.05, 4.69) is 21.2 Å². The van der Waals surface area contributed by atoms with Crippen LogP contribution in [0.5, 0.6) is 0 Å². The summed E-state index contributed by atoms with van der Waals surface area (Å²) in [6, 6.07) is 4.48. The van der Waals surface area contributed by atoms with E-state index in [9.17, 15) is 9.59 Å². The molecule has 2 rings (SSSR count). The second-order valence-corrected chi connectivity index (χ2v) is 6.41. The van der Waals surface area contributed by atoms with Gasteiger partial charge in [0.05, 0.1) is 11.7 Å². The number of carboxylic acids is 1. The Bertz CT molecular complexity index is 555. The molecule has 1 fully saturated rings. The summed E-state index contributed by atoms with van der Waals surface area (Å²) in [5, 5.41) is 11.9. The average molecular weight is 370 g/mol. The molecule has 1 aliphatic rings. The quantitative estimate of drug-likeness (QED) is 0.774. The third-order valence-electron chi connectivity index (χ3n) is 3.84. The second kappa shape index (κ2) is 7.74. The monoisotopic (exact) mass is 369 g/mol. The van der Waals surface area contributed by atoms with Gasteiger partial charge in [0, 0.05) is 23.2 Å². The SMILES string of the molecule is CCOC1CC(CCNC(=O)c2cc(Br)cc(C(=O)O)c2)C1. The van der Waals surface area contributed by atoms with E-state index in [1.165, 1.54) is 12.1 Å². The normalized spacial score (nSPS) is 20.3. The molecule has 1 aromatic carbocycles. The minimum absolute atomic E-state index is 0.0954. The summed E-state index contributed by atoms with van der Waals surface area (Å²) >= 11 is 3.23. The van der Waals surface area contributed by atoms with Crippen molar-refractivity contribution in [3.8, 4) is 0 Å². The van der Waals surface area contributed by atoms with Crippen LogP contribution in [0.2, 0.25) is 0 Å². The van der Waals surface area contributed by atoms with Gasteiger partial charge in [-0.1, -0.05) is 15.9 Å². The van der Waals surface area contributed by atoms with Crippen molar-refractivity contribution < 1.29 is 19.4 Å². The Morgan fingerprint density at radius 2 is 2.00 bits per heavy atom. The molecule has 2 N–H and O–H groups in total. The molecule has 22 heavy (non-hydrogen) atoms. The first-order valence-electron chi connectivity index (χ1n) is 7.43. The highest BCUT2D eigenvalue weighted by Crippen LogP contribution is 2.32. The molecule has 1 aromatic rings. The van der Waals surface area contributed by atoms with Gasteiger partial charge in [0.2, 0.25) is 0 Å². The highest BCUT2D eigenvalue weighted by Gasteiger charge is 2.28. The molecule has 0 heterocycles.